The lowest BCUT2D eigenvalue weighted by Crippen LogP contribution is -2.13. The van der Waals surface area contributed by atoms with E-state index >= 15 is 0 Å². The third-order valence-electron chi connectivity index (χ3n) is 3.76. The van der Waals surface area contributed by atoms with Gasteiger partial charge in [-0.1, -0.05) is 13.3 Å². The Balaban J connectivity index is 2.17. The first-order valence-electron chi connectivity index (χ1n) is 8.41. The molecule has 0 spiro atoms. The predicted octanol–water partition coefficient (Wildman–Crippen LogP) is 3.36. The smallest absolute Gasteiger partial charge is 0.338 e. The molecule has 0 unspecified atom stereocenters. The van der Waals surface area contributed by atoms with Gasteiger partial charge in [0.1, 0.15) is 0 Å². The Morgan fingerprint density at radius 2 is 1.86 bits per heavy atom. The largest absolute Gasteiger partial charge is 0.490 e. The fourth-order valence-corrected chi connectivity index (χ4v) is 3.34. The molecule has 10 heteroatoms. The Hall–Kier alpha value is -3.14. The molecular formula is C18H20N2O7S. The minimum absolute atomic E-state index is 0.0464. The second kappa shape index (κ2) is 9.18. The van der Waals surface area contributed by atoms with Crippen LogP contribution in [0.15, 0.2) is 47.4 Å². The van der Waals surface area contributed by atoms with Gasteiger partial charge in [-0.15, -0.1) is 0 Å². The first-order valence-corrected chi connectivity index (χ1v) is 9.89. The average Bonchev–Trinajstić information content (AvgIpc) is 2.67. The van der Waals surface area contributed by atoms with Gasteiger partial charge in [-0.05, 0) is 42.8 Å². The maximum Gasteiger partial charge on any atom is 0.338 e. The van der Waals surface area contributed by atoms with Crippen LogP contribution < -0.4 is 9.46 Å². The number of nitro benzene ring substituents is 1. The first-order chi connectivity index (χ1) is 13.3. The summed E-state index contributed by atoms with van der Waals surface area (Å²) in [6, 6.07) is 9.01. The van der Waals surface area contributed by atoms with Gasteiger partial charge in [0, 0.05) is 11.8 Å². The summed E-state index contributed by atoms with van der Waals surface area (Å²) in [6.07, 6.45) is 1.66. The molecule has 2 aromatic rings. The van der Waals surface area contributed by atoms with Crippen molar-refractivity contribution in [2.24, 2.45) is 0 Å². The lowest BCUT2D eigenvalue weighted by Gasteiger charge is -2.10. The molecule has 0 amide bonds. The maximum atomic E-state index is 12.5. The Morgan fingerprint density at radius 3 is 2.43 bits per heavy atom. The molecule has 150 valence electrons. The third kappa shape index (κ3) is 5.19. The number of benzene rings is 2. The van der Waals surface area contributed by atoms with Crippen LogP contribution in [0, 0.1) is 10.1 Å². The molecule has 0 aromatic heterocycles. The summed E-state index contributed by atoms with van der Waals surface area (Å²) in [4.78, 5) is 21.9. The second-order valence-electron chi connectivity index (χ2n) is 5.76. The minimum Gasteiger partial charge on any atom is -0.490 e. The van der Waals surface area contributed by atoms with Crippen LogP contribution in [0.2, 0.25) is 0 Å². The molecule has 0 heterocycles. The van der Waals surface area contributed by atoms with E-state index in [4.69, 9.17) is 9.47 Å². The molecule has 0 saturated heterocycles. The molecule has 28 heavy (non-hydrogen) atoms. The number of hydrogen-bond acceptors (Lipinski definition) is 7. The van der Waals surface area contributed by atoms with E-state index in [1.807, 2.05) is 6.92 Å². The van der Waals surface area contributed by atoms with Crippen LogP contribution in [0.4, 0.5) is 11.4 Å². The SMILES string of the molecule is CCCCOC(=O)c1ccc(NS(=O)(=O)c2ccc(OC)c([N+](=O)[O-])c2)cc1. The maximum absolute atomic E-state index is 12.5. The Kier molecular flexibility index (Phi) is 6.94. The lowest BCUT2D eigenvalue weighted by atomic mass is 10.2. The number of hydrogen-bond donors (Lipinski definition) is 1. The van der Waals surface area contributed by atoms with Crippen molar-refractivity contribution in [1.82, 2.24) is 0 Å². The number of nitrogens with zero attached hydrogens (tertiary/aromatic N) is 1. The highest BCUT2D eigenvalue weighted by Crippen LogP contribution is 2.30. The van der Waals surface area contributed by atoms with E-state index in [0.29, 0.717) is 12.2 Å². The van der Waals surface area contributed by atoms with Crippen molar-refractivity contribution in [1.29, 1.82) is 0 Å². The normalized spacial score (nSPS) is 10.9. The Bertz CT molecular complexity index is 956. The van der Waals surface area contributed by atoms with Crippen LogP contribution in [-0.4, -0.2) is 33.0 Å². The quantitative estimate of drug-likeness (QED) is 0.292. The third-order valence-corrected chi connectivity index (χ3v) is 5.14. The number of rotatable bonds is 9. The Labute approximate surface area is 162 Å². The molecule has 2 rings (SSSR count). The number of methoxy groups -OCH3 is 1. The number of carbonyl (C=O) groups excluding carboxylic acids is 1. The standard InChI is InChI=1S/C18H20N2O7S/c1-3-4-11-27-18(21)13-5-7-14(8-6-13)19-28(24,25)15-9-10-17(26-2)16(12-15)20(22)23/h5-10,12,19H,3-4,11H2,1-2H3. The predicted molar refractivity (Wildman–Crippen MR) is 102 cm³/mol. The summed E-state index contributed by atoms with van der Waals surface area (Å²) >= 11 is 0. The summed E-state index contributed by atoms with van der Waals surface area (Å²) in [7, 11) is -2.82. The van der Waals surface area contributed by atoms with Crippen molar-refractivity contribution in [2.75, 3.05) is 18.4 Å². The number of nitro groups is 1. The van der Waals surface area contributed by atoms with Crippen LogP contribution in [0.3, 0.4) is 0 Å². The van der Waals surface area contributed by atoms with E-state index in [1.54, 1.807) is 0 Å². The highest BCUT2D eigenvalue weighted by atomic mass is 32.2. The fraction of sp³-hybridized carbons (Fsp3) is 0.278. The highest BCUT2D eigenvalue weighted by molar-refractivity contribution is 7.92. The van der Waals surface area contributed by atoms with Crippen LogP contribution >= 0.6 is 0 Å². The number of ether oxygens (including phenoxy) is 2. The van der Waals surface area contributed by atoms with Crippen molar-refractivity contribution in [3.8, 4) is 5.75 Å². The van der Waals surface area contributed by atoms with Gasteiger partial charge in [-0.25, -0.2) is 13.2 Å². The number of sulfonamides is 1. The lowest BCUT2D eigenvalue weighted by molar-refractivity contribution is -0.386. The van der Waals surface area contributed by atoms with Gasteiger partial charge < -0.3 is 9.47 Å². The summed E-state index contributed by atoms with van der Waals surface area (Å²) in [5.74, 6) is -0.538. The zero-order valence-electron chi connectivity index (χ0n) is 15.4. The molecule has 1 N–H and O–H groups in total. The van der Waals surface area contributed by atoms with Crippen molar-refractivity contribution in [2.45, 2.75) is 24.7 Å². The topological polar surface area (TPSA) is 125 Å². The molecule has 0 saturated carbocycles. The molecular weight excluding hydrogens is 388 g/mol. The van der Waals surface area contributed by atoms with Crippen molar-refractivity contribution in [3.63, 3.8) is 0 Å². The molecule has 0 aliphatic rings. The van der Waals surface area contributed by atoms with Gasteiger partial charge in [0.15, 0.2) is 5.75 Å². The number of anilines is 1. The van der Waals surface area contributed by atoms with Gasteiger partial charge >= 0.3 is 11.7 Å². The van der Waals surface area contributed by atoms with E-state index in [1.165, 1.54) is 43.5 Å². The molecule has 0 aliphatic heterocycles. The van der Waals surface area contributed by atoms with E-state index in [-0.39, 0.29) is 16.3 Å². The summed E-state index contributed by atoms with van der Waals surface area (Å²) in [5.41, 5.74) is 0.0262. The summed E-state index contributed by atoms with van der Waals surface area (Å²) in [5, 5.41) is 11.1. The van der Waals surface area contributed by atoms with E-state index in [9.17, 15) is 23.3 Å². The van der Waals surface area contributed by atoms with E-state index in [2.05, 4.69) is 4.72 Å². The zero-order valence-corrected chi connectivity index (χ0v) is 16.2. The first kappa shape index (κ1) is 21.2. The van der Waals surface area contributed by atoms with Crippen molar-refractivity contribution < 1.29 is 27.6 Å². The molecule has 0 radical (unpaired) electrons. The van der Waals surface area contributed by atoms with Gasteiger partial charge in [0.2, 0.25) is 0 Å². The minimum atomic E-state index is -4.07. The summed E-state index contributed by atoms with van der Waals surface area (Å²) in [6.45, 7) is 2.30. The van der Waals surface area contributed by atoms with Crippen molar-refractivity contribution in [3.05, 3.63) is 58.1 Å². The monoisotopic (exact) mass is 408 g/mol. The summed E-state index contributed by atoms with van der Waals surface area (Å²) < 4.78 is 37.3. The van der Waals surface area contributed by atoms with Gasteiger partial charge in [0.25, 0.3) is 10.0 Å². The van der Waals surface area contributed by atoms with Gasteiger partial charge in [-0.3, -0.25) is 14.8 Å². The van der Waals surface area contributed by atoms with E-state index < -0.39 is 26.6 Å². The van der Waals surface area contributed by atoms with Crippen molar-refractivity contribution >= 4 is 27.4 Å². The van der Waals surface area contributed by atoms with Crippen LogP contribution in [0.5, 0.6) is 5.75 Å². The van der Waals surface area contributed by atoms with Gasteiger partial charge in [0.05, 0.1) is 29.1 Å². The van der Waals surface area contributed by atoms with Gasteiger partial charge in [-0.2, -0.15) is 0 Å². The van der Waals surface area contributed by atoms with E-state index in [0.717, 1.165) is 18.9 Å². The molecule has 2 aromatic carbocycles. The molecule has 0 aliphatic carbocycles. The molecule has 0 bridgehead atoms. The van der Waals surface area contributed by atoms with Crippen LogP contribution in [0.1, 0.15) is 30.1 Å². The van der Waals surface area contributed by atoms with Crippen LogP contribution in [-0.2, 0) is 14.8 Å². The number of esters is 1. The van der Waals surface area contributed by atoms with Crippen LogP contribution in [0.25, 0.3) is 0 Å². The average molecular weight is 408 g/mol. The zero-order chi connectivity index (χ0) is 20.7. The fourth-order valence-electron chi connectivity index (χ4n) is 2.26. The Morgan fingerprint density at radius 1 is 1.18 bits per heavy atom. The number of carbonyl (C=O) groups is 1. The molecule has 0 fully saturated rings. The highest BCUT2D eigenvalue weighted by Gasteiger charge is 2.22. The number of nitrogens with one attached hydrogen (secondary N) is 1. The molecule has 9 nitrogen and oxygen atoms in total. The number of unbranched alkanes of at least 4 members (excludes halogenated alkanes) is 1. The second-order valence-corrected chi connectivity index (χ2v) is 7.45. The molecule has 0 atom stereocenters.